The van der Waals surface area contributed by atoms with E-state index < -0.39 is 0 Å². The van der Waals surface area contributed by atoms with Crippen LogP contribution in [0.2, 0.25) is 0 Å². The highest BCUT2D eigenvalue weighted by atomic mass is 16.3. The lowest BCUT2D eigenvalue weighted by molar-refractivity contribution is 0.659. The Balaban J connectivity index is 1.54. The van der Waals surface area contributed by atoms with Crippen LogP contribution in [0.15, 0.2) is 123 Å². The summed E-state index contributed by atoms with van der Waals surface area (Å²) in [5.41, 5.74) is 9.27. The topological polar surface area (TPSA) is 43.4 Å². The zero-order valence-electron chi connectivity index (χ0n) is 20.1. The van der Waals surface area contributed by atoms with Crippen molar-refractivity contribution in [3.05, 3.63) is 119 Å². The minimum Gasteiger partial charge on any atom is -0.455 e. The molecule has 1 aliphatic carbocycles. The van der Waals surface area contributed by atoms with Crippen LogP contribution in [0.25, 0.3) is 88.0 Å². The van der Waals surface area contributed by atoms with Crippen molar-refractivity contribution in [3.8, 4) is 33.4 Å². The van der Waals surface area contributed by atoms with E-state index in [0.29, 0.717) is 21.9 Å². The second kappa shape index (κ2) is 6.99. The van der Waals surface area contributed by atoms with Gasteiger partial charge in [0.2, 0.25) is 5.43 Å². The summed E-state index contributed by atoms with van der Waals surface area (Å²) in [6.07, 6.45) is 0. The third-order valence-corrected chi connectivity index (χ3v) is 8.01. The lowest BCUT2D eigenvalue weighted by Gasteiger charge is -2.14. The predicted molar refractivity (Wildman–Crippen MR) is 155 cm³/mol. The number of fused-ring (bicyclic) bond motifs is 8. The summed E-state index contributed by atoms with van der Waals surface area (Å²) >= 11 is 0. The van der Waals surface area contributed by atoms with Crippen molar-refractivity contribution in [1.29, 1.82) is 0 Å². The van der Waals surface area contributed by atoms with Crippen molar-refractivity contribution < 1.29 is 8.83 Å². The van der Waals surface area contributed by atoms with E-state index >= 15 is 0 Å². The van der Waals surface area contributed by atoms with Crippen molar-refractivity contribution in [2.75, 3.05) is 0 Å². The molecule has 0 spiro atoms. The lowest BCUT2D eigenvalue weighted by Crippen LogP contribution is -2.02. The van der Waals surface area contributed by atoms with Gasteiger partial charge in [0.25, 0.3) is 0 Å². The highest BCUT2D eigenvalue weighted by Crippen LogP contribution is 2.55. The molecule has 8 aromatic rings. The number of rotatable bonds is 1. The fourth-order valence-corrected chi connectivity index (χ4v) is 6.40. The van der Waals surface area contributed by atoms with Crippen LogP contribution in [0.4, 0.5) is 0 Å². The summed E-state index contributed by atoms with van der Waals surface area (Å²) < 4.78 is 13.1. The Morgan fingerprint density at radius 2 is 1.08 bits per heavy atom. The molecule has 0 fully saturated rings. The maximum Gasteiger partial charge on any atom is 0.200 e. The van der Waals surface area contributed by atoms with Crippen molar-refractivity contribution in [3.63, 3.8) is 0 Å². The molecular weight excluding hydrogens is 468 g/mol. The number of hydrogen-bond acceptors (Lipinski definition) is 3. The Hall–Kier alpha value is -5.15. The number of hydrogen-bond donors (Lipinski definition) is 0. The van der Waals surface area contributed by atoms with Crippen LogP contribution < -0.4 is 5.43 Å². The Labute approximate surface area is 216 Å². The van der Waals surface area contributed by atoms with Crippen LogP contribution >= 0.6 is 0 Å². The second-order valence-electron chi connectivity index (χ2n) is 9.97. The highest BCUT2D eigenvalue weighted by molar-refractivity contribution is 6.25. The van der Waals surface area contributed by atoms with Gasteiger partial charge in [-0.05, 0) is 57.8 Å². The van der Waals surface area contributed by atoms with E-state index in [-0.39, 0.29) is 5.43 Å². The molecule has 2 heterocycles. The molecule has 0 amide bonds. The van der Waals surface area contributed by atoms with Crippen molar-refractivity contribution in [2.45, 2.75) is 0 Å². The van der Waals surface area contributed by atoms with Crippen molar-refractivity contribution in [1.82, 2.24) is 0 Å². The van der Waals surface area contributed by atoms with Gasteiger partial charge in [0.1, 0.15) is 22.3 Å². The van der Waals surface area contributed by atoms with Gasteiger partial charge in [-0.1, -0.05) is 78.9 Å². The average molecular weight is 487 g/mol. The van der Waals surface area contributed by atoms with E-state index in [2.05, 4.69) is 48.5 Å². The Bertz CT molecular complexity index is 2360. The van der Waals surface area contributed by atoms with E-state index in [4.69, 9.17) is 8.83 Å². The summed E-state index contributed by atoms with van der Waals surface area (Å²) in [5.74, 6) is 0. The van der Waals surface area contributed by atoms with Gasteiger partial charge in [-0.15, -0.1) is 0 Å². The molecule has 0 unspecified atom stereocenters. The predicted octanol–water partition coefficient (Wildman–Crippen LogP) is 9.31. The fraction of sp³-hybridized carbons (Fsp3) is 0. The molecule has 3 heteroatoms. The van der Waals surface area contributed by atoms with E-state index in [1.807, 2.05) is 60.7 Å². The van der Waals surface area contributed by atoms with E-state index in [1.165, 1.54) is 27.5 Å². The Morgan fingerprint density at radius 1 is 0.447 bits per heavy atom. The smallest absolute Gasteiger partial charge is 0.200 e. The first-order valence-corrected chi connectivity index (χ1v) is 12.7. The van der Waals surface area contributed by atoms with E-state index in [9.17, 15) is 4.79 Å². The average Bonchev–Trinajstić information content (AvgIpc) is 3.49. The Morgan fingerprint density at radius 3 is 1.92 bits per heavy atom. The van der Waals surface area contributed by atoms with Crippen LogP contribution in [-0.4, -0.2) is 0 Å². The van der Waals surface area contributed by atoms with Gasteiger partial charge >= 0.3 is 0 Å². The summed E-state index contributed by atoms with van der Waals surface area (Å²) in [6.45, 7) is 0. The number of benzene rings is 6. The molecule has 0 aliphatic heterocycles. The first kappa shape index (κ1) is 20.0. The zero-order valence-corrected chi connectivity index (χ0v) is 20.1. The SMILES string of the molecule is O=c1c2ccccc2oc2c(-c3c4c(cc5c3oc3ccccc35)-c3cccc5cccc-4c35)cccc12. The summed E-state index contributed by atoms with van der Waals surface area (Å²) in [6, 6.07) is 36.7. The minimum absolute atomic E-state index is 0.0254. The van der Waals surface area contributed by atoms with Gasteiger partial charge in [-0.25, -0.2) is 0 Å². The van der Waals surface area contributed by atoms with Gasteiger partial charge in [0, 0.05) is 27.5 Å². The highest BCUT2D eigenvalue weighted by Gasteiger charge is 2.29. The molecule has 176 valence electrons. The molecule has 0 saturated carbocycles. The number of para-hydroxylation sites is 3. The fourth-order valence-electron chi connectivity index (χ4n) is 6.40. The molecule has 0 bridgehead atoms. The van der Waals surface area contributed by atoms with Crippen LogP contribution in [-0.2, 0) is 0 Å². The molecular formula is C35H18O3. The van der Waals surface area contributed by atoms with E-state index in [0.717, 1.165) is 38.6 Å². The molecule has 0 radical (unpaired) electrons. The normalized spacial score (nSPS) is 12.3. The third kappa shape index (κ3) is 2.41. The van der Waals surface area contributed by atoms with Crippen molar-refractivity contribution >= 4 is 54.6 Å². The summed E-state index contributed by atoms with van der Waals surface area (Å²) in [7, 11) is 0. The number of furan rings is 1. The van der Waals surface area contributed by atoms with Gasteiger partial charge in [-0.2, -0.15) is 0 Å². The van der Waals surface area contributed by atoms with Crippen LogP contribution in [0.5, 0.6) is 0 Å². The molecule has 6 aromatic carbocycles. The maximum atomic E-state index is 13.6. The quantitative estimate of drug-likeness (QED) is 0.217. The molecule has 0 N–H and O–H groups in total. The van der Waals surface area contributed by atoms with Crippen LogP contribution in [0.1, 0.15) is 0 Å². The molecule has 3 nitrogen and oxygen atoms in total. The van der Waals surface area contributed by atoms with Crippen molar-refractivity contribution in [2.24, 2.45) is 0 Å². The van der Waals surface area contributed by atoms with Crippen LogP contribution in [0.3, 0.4) is 0 Å². The van der Waals surface area contributed by atoms with Gasteiger partial charge in [-0.3, -0.25) is 4.79 Å². The third-order valence-electron chi connectivity index (χ3n) is 8.01. The zero-order chi connectivity index (χ0) is 25.0. The molecule has 0 atom stereocenters. The molecule has 38 heavy (non-hydrogen) atoms. The van der Waals surface area contributed by atoms with Gasteiger partial charge in [0.05, 0.1) is 10.8 Å². The van der Waals surface area contributed by atoms with Gasteiger partial charge < -0.3 is 8.83 Å². The molecule has 1 aliphatic rings. The minimum atomic E-state index is -0.0254. The second-order valence-corrected chi connectivity index (χ2v) is 9.97. The maximum absolute atomic E-state index is 13.6. The lowest BCUT2D eigenvalue weighted by atomic mass is 9.90. The summed E-state index contributed by atoms with van der Waals surface area (Å²) in [5, 5.41) is 5.73. The first-order valence-electron chi connectivity index (χ1n) is 12.7. The molecule has 0 saturated heterocycles. The molecule has 9 rings (SSSR count). The van der Waals surface area contributed by atoms with Gasteiger partial charge in [0.15, 0.2) is 0 Å². The molecule has 2 aromatic heterocycles. The van der Waals surface area contributed by atoms with Crippen LogP contribution in [0, 0.1) is 0 Å². The largest absolute Gasteiger partial charge is 0.455 e. The standard InChI is InChI=1S/C35H18O3/c36-33-22-11-2-4-17-29(22)37-34-24(14-7-15-25(33)34)32-31-23-13-6-9-19-8-5-12-21(30(19)23)26(31)18-27-20-10-1-3-16-28(20)38-35(27)32/h1-18H. The van der Waals surface area contributed by atoms with E-state index in [1.54, 1.807) is 0 Å². The first-order chi connectivity index (χ1) is 18.8. The Kier molecular flexibility index (Phi) is 3.67. The monoisotopic (exact) mass is 486 g/mol. The summed E-state index contributed by atoms with van der Waals surface area (Å²) in [4.78, 5) is 13.6.